The van der Waals surface area contributed by atoms with Crippen molar-refractivity contribution in [2.24, 2.45) is 0 Å². The molecule has 1 N–H and O–H groups in total. The normalized spacial score (nSPS) is 18.4. The van der Waals surface area contributed by atoms with Crippen molar-refractivity contribution in [2.75, 3.05) is 24.5 Å². The lowest BCUT2D eigenvalue weighted by Gasteiger charge is -2.40. The third-order valence-corrected chi connectivity index (χ3v) is 3.95. The molecule has 19 heavy (non-hydrogen) atoms. The first kappa shape index (κ1) is 14.4. The lowest BCUT2D eigenvalue weighted by atomic mass is 10.0. The van der Waals surface area contributed by atoms with Crippen LogP contribution in [0.5, 0.6) is 0 Å². The molecule has 0 aromatic heterocycles. The van der Waals surface area contributed by atoms with E-state index < -0.39 is 10.7 Å². The Morgan fingerprint density at radius 1 is 1.53 bits per heavy atom. The quantitative estimate of drug-likeness (QED) is 0.488. The van der Waals surface area contributed by atoms with Crippen LogP contribution < -0.4 is 10.2 Å². The standard InChI is InChI=1S/C12H15FIN3O2/c1-12(2)7-16(4-3-15-12)10-5-8(13)9(14)6-11(10)17(18)19/h5-6,15H,3-4,7H2,1-2H3. The molecule has 0 atom stereocenters. The Labute approximate surface area is 124 Å². The minimum atomic E-state index is -0.452. The first-order chi connectivity index (χ1) is 8.80. The van der Waals surface area contributed by atoms with Crippen LogP contribution in [-0.2, 0) is 0 Å². The van der Waals surface area contributed by atoms with Gasteiger partial charge in [-0.1, -0.05) is 0 Å². The summed E-state index contributed by atoms with van der Waals surface area (Å²) in [5.74, 6) is -0.419. The number of nitro benzene ring substituents is 1. The summed E-state index contributed by atoms with van der Waals surface area (Å²) in [6.45, 7) is 6.00. The van der Waals surface area contributed by atoms with Crippen molar-refractivity contribution in [2.45, 2.75) is 19.4 Å². The van der Waals surface area contributed by atoms with Gasteiger partial charge >= 0.3 is 0 Å². The van der Waals surface area contributed by atoms with Gasteiger partial charge in [0.15, 0.2) is 0 Å². The van der Waals surface area contributed by atoms with E-state index in [2.05, 4.69) is 5.32 Å². The molecule has 0 spiro atoms. The summed E-state index contributed by atoms with van der Waals surface area (Å²) in [6, 6.07) is 2.56. The summed E-state index contributed by atoms with van der Waals surface area (Å²) in [4.78, 5) is 12.5. The van der Waals surface area contributed by atoms with Crippen LogP contribution in [0, 0.1) is 19.5 Å². The molecule has 0 aliphatic carbocycles. The number of anilines is 1. The highest BCUT2D eigenvalue weighted by molar-refractivity contribution is 14.1. The summed E-state index contributed by atoms with van der Waals surface area (Å²) in [5.41, 5.74) is 0.173. The fraction of sp³-hybridized carbons (Fsp3) is 0.500. The second-order valence-corrected chi connectivity index (χ2v) is 6.41. The predicted molar refractivity (Wildman–Crippen MR) is 80.1 cm³/mol. The van der Waals surface area contributed by atoms with Gasteiger partial charge in [-0.2, -0.15) is 0 Å². The Morgan fingerprint density at radius 3 is 2.79 bits per heavy atom. The summed E-state index contributed by atoms with van der Waals surface area (Å²) in [7, 11) is 0. The molecular formula is C12H15FIN3O2. The van der Waals surface area contributed by atoms with E-state index in [1.54, 1.807) is 22.6 Å². The molecule has 1 heterocycles. The number of hydrogen-bond donors (Lipinski definition) is 1. The fourth-order valence-electron chi connectivity index (χ4n) is 2.27. The molecule has 1 aliphatic heterocycles. The highest BCUT2D eigenvalue weighted by atomic mass is 127. The Balaban J connectivity index is 2.43. The number of nitrogens with one attached hydrogen (secondary N) is 1. The van der Waals surface area contributed by atoms with Crippen LogP contribution in [0.25, 0.3) is 0 Å². The van der Waals surface area contributed by atoms with Crippen molar-refractivity contribution >= 4 is 34.0 Å². The molecule has 2 rings (SSSR count). The zero-order valence-electron chi connectivity index (χ0n) is 10.7. The number of hydrogen-bond acceptors (Lipinski definition) is 4. The van der Waals surface area contributed by atoms with Gasteiger partial charge in [0.05, 0.1) is 8.49 Å². The van der Waals surface area contributed by atoms with Gasteiger partial charge in [0.25, 0.3) is 5.69 Å². The van der Waals surface area contributed by atoms with Crippen molar-refractivity contribution in [3.63, 3.8) is 0 Å². The molecule has 1 fully saturated rings. The molecule has 0 radical (unpaired) electrons. The first-order valence-electron chi connectivity index (χ1n) is 5.93. The van der Waals surface area contributed by atoms with Gasteiger partial charge in [-0.05, 0) is 36.4 Å². The molecule has 0 saturated carbocycles. The van der Waals surface area contributed by atoms with E-state index in [9.17, 15) is 14.5 Å². The number of nitrogens with zero attached hydrogens (tertiary/aromatic N) is 2. The van der Waals surface area contributed by atoms with Crippen molar-refractivity contribution < 1.29 is 9.31 Å². The molecule has 0 unspecified atom stereocenters. The molecular weight excluding hydrogens is 364 g/mol. The minimum Gasteiger partial charge on any atom is -0.363 e. The van der Waals surface area contributed by atoms with E-state index in [0.29, 0.717) is 18.8 Å². The Morgan fingerprint density at radius 2 is 2.21 bits per heavy atom. The zero-order chi connectivity index (χ0) is 14.2. The van der Waals surface area contributed by atoms with Crippen molar-refractivity contribution in [3.05, 3.63) is 31.6 Å². The second kappa shape index (κ2) is 5.20. The number of halogens is 2. The third-order valence-electron chi connectivity index (χ3n) is 3.13. The van der Waals surface area contributed by atoms with Crippen LogP contribution >= 0.6 is 22.6 Å². The topological polar surface area (TPSA) is 58.4 Å². The van der Waals surface area contributed by atoms with Crippen molar-refractivity contribution in [1.82, 2.24) is 5.32 Å². The number of benzene rings is 1. The SMILES string of the molecule is CC1(C)CN(c2cc(F)c(I)cc2[N+](=O)[O-])CCN1. The maximum atomic E-state index is 13.7. The van der Waals surface area contributed by atoms with Gasteiger partial charge in [-0.3, -0.25) is 10.1 Å². The minimum absolute atomic E-state index is 0.0384. The van der Waals surface area contributed by atoms with Crippen LogP contribution in [0.15, 0.2) is 12.1 Å². The maximum absolute atomic E-state index is 13.7. The van der Waals surface area contributed by atoms with Gasteiger partial charge in [-0.25, -0.2) is 4.39 Å². The zero-order valence-corrected chi connectivity index (χ0v) is 12.9. The predicted octanol–water partition coefficient (Wildman–Crippen LogP) is 2.53. The second-order valence-electron chi connectivity index (χ2n) is 5.24. The first-order valence-corrected chi connectivity index (χ1v) is 7.01. The molecule has 5 nitrogen and oxygen atoms in total. The monoisotopic (exact) mass is 379 g/mol. The van der Waals surface area contributed by atoms with E-state index in [0.717, 1.165) is 6.54 Å². The van der Waals surface area contributed by atoms with Crippen LogP contribution in [0.3, 0.4) is 0 Å². The van der Waals surface area contributed by atoms with Gasteiger partial charge < -0.3 is 10.2 Å². The largest absolute Gasteiger partial charge is 0.363 e. The van der Waals surface area contributed by atoms with Crippen molar-refractivity contribution in [1.29, 1.82) is 0 Å². The number of rotatable bonds is 2. The summed E-state index contributed by atoms with van der Waals surface area (Å²) in [6.07, 6.45) is 0. The molecule has 1 aromatic carbocycles. The smallest absolute Gasteiger partial charge is 0.293 e. The van der Waals surface area contributed by atoms with E-state index in [4.69, 9.17) is 0 Å². The van der Waals surface area contributed by atoms with Crippen molar-refractivity contribution in [3.8, 4) is 0 Å². The highest BCUT2D eigenvalue weighted by Gasteiger charge is 2.30. The van der Waals surface area contributed by atoms with Gasteiger partial charge in [-0.15, -0.1) is 0 Å². The highest BCUT2D eigenvalue weighted by Crippen LogP contribution is 2.33. The molecule has 1 aromatic rings. The fourth-order valence-corrected chi connectivity index (χ4v) is 2.72. The number of piperazine rings is 1. The summed E-state index contributed by atoms with van der Waals surface area (Å²) < 4.78 is 14.0. The molecule has 7 heteroatoms. The van der Waals surface area contributed by atoms with E-state index >= 15 is 0 Å². The van der Waals surface area contributed by atoms with Crippen LogP contribution in [0.4, 0.5) is 15.8 Å². The number of nitro groups is 1. The Bertz CT molecular complexity index is 522. The van der Waals surface area contributed by atoms with Crippen LogP contribution in [0.1, 0.15) is 13.8 Å². The average Bonchev–Trinajstić information content (AvgIpc) is 2.30. The molecule has 104 valence electrons. The van der Waals surface area contributed by atoms with Gasteiger partial charge in [0.2, 0.25) is 0 Å². The lowest BCUT2D eigenvalue weighted by molar-refractivity contribution is -0.384. The lowest BCUT2D eigenvalue weighted by Crippen LogP contribution is -2.57. The van der Waals surface area contributed by atoms with Gasteiger partial charge in [0.1, 0.15) is 11.5 Å². The maximum Gasteiger partial charge on any atom is 0.293 e. The molecule has 0 bridgehead atoms. The van der Waals surface area contributed by atoms with E-state index in [1.165, 1.54) is 12.1 Å². The molecule has 1 saturated heterocycles. The molecule has 1 aliphatic rings. The Hall–Kier alpha value is -0.960. The third kappa shape index (κ3) is 3.14. The van der Waals surface area contributed by atoms with E-state index in [1.807, 2.05) is 18.7 Å². The summed E-state index contributed by atoms with van der Waals surface area (Å²) >= 11 is 1.77. The average molecular weight is 379 g/mol. The summed E-state index contributed by atoms with van der Waals surface area (Å²) in [5, 5.41) is 14.5. The Kier molecular flexibility index (Phi) is 3.95. The van der Waals surface area contributed by atoms with E-state index in [-0.39, 0.29) is 14.8 Å². The molecule has 0 amide bonds. The van der Waals surface area contributed by atoms with Crippen LogP contribution in [0.2, 0.25) is 0 Å². The van der Waals surface area contributed by atoms with Crippen LogP contribution in [-0.4, -0.2) is 30.1 Å². The van der Waals surface area contributed by atoms with Gasteiger partial charge in [0, 0.05) is 37.3 Å².